The molecule has 0 unspecified atom stereocenters. The first-order valence-corrected chi connectivity index (χ1v) is 8.12. The Balaban J connectivity index is 1.92. The van der Waals surface area contributed by atoms with Gasteiger partial charge in [0.05, 0.1) is 4.88 Å². The molecule has 0 aliphatic carbocycles. The molecule has 1 fully saturated rings. The van der Waals surface area contributed by atoms with Gasteiger partial charge in [-0.15, -0.1) is 11.3 Å². The van der Waals surface area contributed by atoms with E-state index in [0.717, 1.165) is 43.0 Å². The van der Waals surface area contributed by atoms with Crippen LogP contribution in [0.15, 0.2) is 30.5 Å². The Bertz CT molecular complexity index is 771. The number of aromatic nitrogens is 3. The largest absolute Gasteiger partial charge is 0.381 e. The number of hydrogen-bond donors (Lipinski definition) is 0. The van der Waals surface area contributed by atoms with Crippen LogP contribution in [0, 0.1) is 6.92 Å². The molecule has 0 saturated carbocycles. The minimum absolute atomic E-state index is 0.427. The van der Waals surface area contributed by atoms with Crippen molar-refractivity contribution in [1.29, 1.82) is 0 Å². The van der Waals surface area contributed by atoms with E-state index in [1.807, 2.05) is 18.3 Å². The van der Waals surface area contributed by atoms with Crippen LogP contribution in [-0.4, -0.2) is 27.7 Å². The number of thiophene rings is 1. The van der Waals surface area contributed by atoms with E-state index in [0.29, 0.717) is 6.04 Å². The standard InChI is InChI=1S/C16H17N3OS/c1-11-4-5-14(21-11)16-18-13-3-2-8-17-15(13)19(16)12-6-9-20-10-7-12/h2-5,8,12H,6-7,9-10H2,1H3. The molecule has 0 spiro atoms. The second-order valence-electron chi connectivity index (χ2n) is 5.41. The van der Waals surface area contributed by atoms with Gasteiger partial charge in [-0.05, 0) is 44.0 Å². The zero-order chi connectivity index (χ0) is 14.2. The number of pyridine rings is 1. The van der Waals surface area contributed by atoms with Gasteiger partial charge in [-0.25, -0.2) is 9.97 Å². The molecule has 0 bridgehead atoms. The quantitative estimate of drug-likeness (QED) is 0.722. The Kier molecular flexibility index (Phi) is 3.24. The Morgan fingerprint density at radius 1 is 1.24 bits per heavy atom. The summed E-state index contributed by atoms with van der Waals surface area (Å²) in [5.74, 6) is 1.05. The Hall–Kier alpha value is -1.72. The van der Waals surface area contributed by atoms with Crippen LogP contribution >= 0.6 is 11.3 Å². The van der Waals surface area contributed by atoms with Gasteiger partial charge in [0.15, 0.2) is 11.5 Å². The fourth-order valence-electron chi connectivity index (χ4n) is 2.95. The third-order valence-corrected chi connectivity index (χ3v) is 4.96. The van der Waals surface area contributed by atoms with Gasteiger partial charge in [-0.2, -0.15) is 0 Å². The summed E-state index contributed by atoms with van der Waals surface area (Å²) in [6.07, 6.45) is 3.90. The first kappa shape index (κ1) is 13.0. The molecule has 0 amide bonds. The molecule has 0 aromatic carbocycles. The molecule has 21 heavy (non-hydrogen) atoms. The SMILES string of the molecule is Cc1ccc(-c2nc3cccnc3n2C2CCOCC2)s1. The first-order valence-electron chi connectivity index (χ1n) is 7.30. The van der Waals surface area contributed by atoms with Crippen molar-refractivity contribution in [3.05, 3.63) is 35.3 Å². The van der Waals surface area contributed by atoms with E-state index >= 15 is 0 Å². The van der Waals surface area contributed by atoms with Crippen molar-refractivity contribution in [3.63, 3.8) is 0 Å². The number of ether oxygens (including phenoxy) is 1. The number of fused-ring (bicyclic) bond motifs is 1. The molecule has 4 heterocycles. The highest BCUT2D eigenvalue weighted by Gasteiger charge is 2.23. The van der Waals surface area contributed by atoms with E-state index in [2.05, 4.69) is 28.6 Å². The van der Waals surface area contributed by atoms with Gasteiger partial charge in [0.1, 0.15) is 5.52 Å². The molecule has 0 N–H and O–H groups in total. The van der Waals surface area contributed by atoms with Gasteiger partial charge >= 0.3 is 0 Å². The molecule has 4 nitrogen and oxygen atoms in total. The lowest BCUT2D eigenvalue weighted by molar-refractivity contribution is 0.0709. The van der Waals surface area contributed by atoms with E-state index in [4.69, 9.17) is 9.72 Å². The van der Waals surface area contributed by atoms with Crippen molar-refractivity contribution in [2.75, 3.05) is 13.2 Å². The van der Waals surface area contributed by atoms with Gasteiger partial charge in [0.2, 0.25) is 0 Å². The van der Waals surface area contributed by atoms with Gasteiger partial charge in [0, 0.05) is 30.3 Å². The topological polar surface area (TPSA) is 39.9 Å². The average Bonchev–Trinajstić information content (AvgIpc) is 3.11. The number of hydrogen-bond acceptors (Lipinski definition) is 4. The maximum Gasteiger partial charge on any atom is 0.160 e. The molecule has 3 aromatic heterocycles. The second-order valence-corrected chi connectivity index (χ2v) is 6.69. The zero-order valence-corrected chi connectivity index (χ0v) is 12.8. The summed E-state index contributed by atoms with van der Waals surface area (Å²) in [7, 11) is 0. The molecule has 1 saturated heterocycles. The smallest absolute Gasteiger partial charge is 0.160 e. The van der Waals surface area contributed by atoms with Crippen LogP contribution < -0.4 is 0 Å². The normalized spacial score (nSPS) is 16.6. The van der Waals surface area contributed by atoms with Crippen molar-refractivity contribution >= 4 is 22.5 Å². The summed E-state index contributed by atoms with van der Waals surface area (Å²) in [6.45, 7) is 3.77. The van der Waals surface area contributed by atoms with E-state index in [-0.39, 0.29) is 0 Å². The number of aryl methyl sites for hydroxylation is 1. The van der Waals surface area contributed by atoms with E-state index in [9.17, 15) is 0 Å². The Morgan fingerprint density at radius 3 is 2.86 bits per heavy atom. The third-order valence-electron chi connectivity index (χ3n) is 3.97. The van der Waals surface area contributed by atoms with Crippen molar-refractivity contribution in [3.8, 4) is 10.7 Å². The van der Waals surface area contributed by atoms with Crippen molar-refractivity contribution in [2.45, 2.75) is 25.8 Å². The molecule has 0 atom stereocenters. The average molecular weight is 299 g/mol. The van der Waals surface area contributed by atoms with E-state index < -0.39 is 0 Å². The minimum Gasteiger partial charge on any atom is -0.381 e. The molecule has 3 aromatic rings. The maximum absolute atomic E-state index is 5.51. The molecule has 1 aliphatic heterocycles. The first-order chi connectivity index (χ1) is 10.3. The van der Waals surface area contributed by atoms with Crippen LogP contribution in [0.25, 0.3) is 21.9 Å². The summed E-state index contributed by atoms with van der Waals surface area (Å²) in [4.78, 5) is 11.9. The van der Waals surface area contributed by atoms with Gasteiger partial charge in [0.25, 0.3) is 0 Å². The van der Waals surface area contributed by atoms with Gasteiger partial charge in [-0.3, -0.25) is 0 Å². The number of imidazole rings is 1. The maximum atomic E-state index is 5.51. The molecule has 4 rings (SSSR count). The lowest BCUT2D eigenvalue weighted by atomic mass is 10.1. The predicted molar refractivity (Wildman–Crippen MR) is 84.7 cm³/mol. The van der Waals surface area contributed by atoms with Gasteiger partial charge in [-0.1, -0.05) is 0 Å². The second kappa shape index (κ2) is 5.24. The molecule has 108 valence electrons. The molecule has 0 radical (unpaired) electrons. The summed E-state index contributed by atoms with van der Waals surface area (Å²) < 4.78 is 7.83. The monoisotopic (exact) mass is 299 g/mol. The lowest BCUT2D eigenvalue weighted by Crippen LogP contribution is -2.20. The summed E-state index contributed by atoms with van der Waals surface area (Å²) in [5, 5.41) is 0. The lowest BCUT2D eigenvalue weighted by Gasteiger charge is -2.25. The van der Waals surface area contributed by atoms with Crippen molar-refractivity contribution in [1.82, 2.24) is 14.5 Å². The molecular formula is C16H17N3OS. The Labute approximate surface area is 127 Å². The predicted octanol–water partition coefficient (Wildman–Crippen LogP) is 3.82. The minimum atomic E-state index is 0.427. The number of rotatable bonds is 2. The molecule has 1 aliphatic rings. The highest BCUT2D eigenvalue weighted by Crippen LogP contribution is 2.34. The number of nitrogens with zero attached hydrogens (tertiary/aromatic N) is 3. The molecular weight excluding hydrogens is 282 g/mol. The highest BCUT2D eigenvalue weighted by molar-refractivity contribution is 7.15. The Morgan fingerprint density at radius 2 is 2.10 bits per heavy atom. The fraction of sp³-hybridized carbons (Fsp3) is 0.375. The van der Waals surface area contributed by atoms with Crippen LogP contribution in [-0.2, 0) is 4.74 Å². The van der Waals surface area contributed by atoms with Crippen molar-refractivity contribution in [2.24, 2.45) is 0 Å². The van der Waals surface area contributed by atoms with Crippen LogP contribution in [0.2, 0.25) is 0 Å². The van der Waals surface area contributed by atoms with E-state index in [1.54, 1.807) is 11.3 Å². The van der Waals surface area contributed by atoms with Crippen LogP contribution in [0.5, 0.6) is 0 Å². The van der Waals surface area contributed by atoms with E-state index in [1.165, 1.54) is 9.75 Å². The summed E-state index contributed by atoms with van der Waals surface area (Å²) in [6, 6.07) is 8.74. The van der Waals surface area contributed by atoms with Crippen LogP contribution in [0.4, 0.5) is 0 Å². The molecule has 5 heteroatoms. The zero-order valence-electron chi connectivity index (χ0n) is 12.0. The van der Waals surface area contributed by atoms with Crippen molar-refractivity contribution < 1.29 is 4.74 Å². The van der Waals surface area contributed by atoms with Crippen LogP contribution in [0.3, 0.4) is 0 Å². The fourth-order valence-corrected chi connectivity index (χ4v) is 3.80. The summed E-state index contributed by atoms with van der Waals surface area (Å²) >= 11 is 1.79. The van der Waals surface area contributed by atoms with Gasteiger partial charge < -0.3 is 9.30 Å². The third kappa shape index (κ3) is 2.26. The van der Waals surface area contributed by atoms with Crippen LogP contribution in [0.1, 0.15) is 23.8 Å². The summed E-state index contributed by atoms with van der Waals surface area (Å²) in [5.41, 5.74) is 1.97. The highest BCUT2D eigenvalue weighted by atomic mass is 32.1.